The number of likely N-dealkylation sites (tertiary alicyclic amines) is 1. The first kappa shape index (κ1) is 14.8. The third-order valence-corrected chi connectivity index (χ3v) is 4.43. The number of carboxylic acid groups (broad SMARTS) is 1. The molecule has 1 saturated heterocycles. The molecule has 2 heterocycles. The van der Waals surface area contributed by atoms with Crippen molar-refractivity contribution in [3.8, 4) is 6.07 Å². The molecule has 0 radical (unpaired) electrons. The SMILES string of the molecule is N#Cc1ccc(CN2CCC(C(=O)O)(C(F)(F)F)C2)s1. The summed E-state index contributed by atoms with van der Waals surface area (Å²) in [5.74, 6) is -1.82. The van der Waals surface area contributed by atoms with Gasteiger partial charge in [0.1, 0.15) is 10.9 Å². The Kier molecular flexibility index (Phi) is 3.75. The highest BCUT2D eigenvalue weighted by molar-refractivity contribution is 7.12. The van der Waals surface area contributed by atoms with E-state index < -0.39 is 30.5 Å². The lowest BCUT2D eigenvalue weighted by Gasteiger charge is -2.27. The minimum atomic E-state index is -4.76. The van der Waals surface area contributed by atoms with Gasteiger partial charge in [0.15, 0.2) is 5.41 Å². The fourth-order valence-electron chi connectivity index (χ4n) is 2.29. The van der Waals surface area contributed by atoms with Crippen LogP contribution in [0.2, 0.25) is 0 Å². The summed E-state index contributed by atoms with van der Waals surface area (Å²) in [4.78, 5) is 13.7. The van der Waals surface area contributed by atoms with E-state index in [-0.39, 0.29) is 13.1 Å². The molecule has 1 N–H and O–H groups in total. The van der Waals surface area contributed by atoms with Gasteiger partial charge in [-0.2, -0.15) is 18.4 Å². The summed E-state index contributed by atoms with van der Waals surface area (Å²) in [7, 11) is 0. The predicted octanol–water partition coefficient (Wildman–Crippen LogP) is 2.46. The van der Waals surface area contributed by atoms with Gasteiger partial charge in [0.05, 0.1) is 0 Å². The highest BCUT2D eigenvalue weighted by atomic mass is 32.1. The number of rotatable bonds is 3. The van der Waals surface area contributed by atoms with Crippen molar-refractivity contribution in [3.63, 3.8) is 0 Å². The van der Waals surface area contributed by atoms with Gasteiger partial charge in [-0.05, 0) is 18.6 Å². The van der Waals surface area contributed by atoms with Crippen LogP contribution in [0.3, 0.4) is 0 Å². The molecular formula is C12H11F3N2O2S. The third-order valence-electron chi connectivity index (χ3n) is 3.45. The summed E-state index contributed by atoms with van der Waals surface area (Å²) < 4.78 is 39.0. The van der Waals surface area contributed by atoms with Crippen molar-refractivity contribution in [2.75, 3.05) is 13.1 Å². The molecule has 4 nitrogen and oxygen atoms in total. The molecule has 1 atom stereocenters. The molecule has 0 saturated carbocycles. The van der Waals surface area contributed by atoms with Crippen molar-refractivity contribution < 1.29 is 23.1 Å². The van der Waals surface area contributed by atoms with Crippen LogP contribution >= 0.6 is 11.3 Å². The quantitative estimate of drug-likeness (QED) is 0.931. The molecule has 1 aromatic rings. The Balaban J connectivity index is 2.11. The Hall–Kier alpha value is -1.59. The molecule has 8 heteroatoms. The zero-order chi connectivity index (χ0) is 15.0. The Morgan fingerprint density at radius 3 is 2.70 bits per heavy atom. The van der Waals surface area contributed by atoms with E-state index in [9.17, 15) is 18.0 Å². The van der Waals surface area contributed by atoms with Gasteiger partial charge in [-0.1, -0.05) is 0 Å². The maximum atomic E-state index is 13.0. The Morgan fingerprint density at radius 2 is 2.25 bits per heavy atom. The normalized spacial score (nSPS) is 23.7. The number of nitriles is 1. The Morgan fingerprint density at radius 1 is 1.55 bits per heavy atom. The van der Waals surface area contributed by atoms with Gasteiger partial charge in [-0.15, -0.1) is 11.3 Å². The van der Waals surface area contributed by atoms with Crippen LogP contribution in [0.1, 0.15) is 16.2 Å². The van der Waals surface area contributed by atoms with Crippen LogP contribution in [0, 0.1) is 16.7 Å². The lowest BCUT2D eigenvalue weighted by molar-refractivity contribution is -0.227. The summed E-state index contributed by atoms with van der Waals surface area (Å²) in [5, 5.41) is 17.6. The molecular weight excluding hydrogens is 293 g/mol. The molecule has 0 aromatic carbocycles. The van der Waals surface area contributed by atoms with Gasteiger partial charge in [0, 0.05) is 24.5 Å². The average molecular weight is 304 g/mol. The first-order chi connectivity index (χ1) is 9.28. The van der Waals surface area contributed by atoms with E-state index in [0.717, 1.165) is 4.88 Å². The second-order valence-electron chi connectivity index (χ2n) is 4.72. The van der Waals surface area contributed by atoms with Crippen molar-refractivity contribution in [2.45, 2.75) is 19.1 Å². The van der Waals surface area contributed by atoms with Crippen LogP contribution in [0.5, 0.6) is 0 Å². The second-order valence-corrected chi connectivity index (χ2v) is 5.89. The number of aliphatic carboxylic acids is 1. The summed E-state index contributed by atoms with van der Waals surface area (Å²) >= 11 is 1.20. The summed E-state index contributed by atoms with van der Waals surface area (Å²) in [5.41, 5.74) is -2.68. The number of hydrogen-bond acceptors (Lipinski definition) is 4. The molecule has 20 heavy (non-hydrogen) atoms. The van der Waals surface area contributed by atoms with Crippen molar-refractivity contribution in [1.82, 2.24) is 4.90 Å². The van der Waals surface area contributed by atoms with Gasteiger partial charge in [0.25, 0.3) is 0 Å². The van der Waals surface area contributed by atoms with Crippen molar-refractivity contribution in [2.24, 2.45) is 5.41 Å². The van der Waals surface area contributed by atoms with Crippen LogP contribution in [0.4, 0.5) is 13.2 Å². The van der Waals surface area contributed by atoms with Gasteiger partial charge in [-0.3, -0.25) is 9.69 Å². The third kappa shape index (κ3) is 2.51. The molecule has 0 amide bonds. The molecule has 0 spiro atoms. The van der Waals surface area contributed by atoms with Gasteiger partial charge in [0.2, 0.25) is 0 Å². The molecule has 0 bridgehead atoms. The standard InChI is InChI=1S/C12H11F3N2O2S/c13-12(14,15)11(10(18)19)3-4-17(7-11)6-9-2-1-8(5-16)20-9/h1-2H,3-4,6-7H2,(H,18,19). The fraction of sp³-hybridized carbons (Fsp3) is 0.500. The number of hydrogen-bond donors (Lipinski definition) is 1. The zero-order valence-electron chi connectivity index (χ0n) is 10.3. The van der Waals surface area contributed by atoms with E-state index in [0.29, 0.717) is 4.88 Å². The van der Waals surface area contributed by atoms with Crippen LogP contribution in [0.25, 0.3) is 0 Å². The maximum Gasteiger partial charge on any atom is 0.406 e. The first-order valence-electron chi connectivity index (χ1n) is 5.80. The molecule has 2 rings (SSSR count). The van der Waals surface area contributed by atoms with Crippen LogP contribution in [-0.4, -0.2) is 35.2 Å². The van der Waals surface area contributed by atoms with E-state index in [1.807, 2.05) is 6.07 Å². The lowest BCUT2D eigenvalue weighted by atomic mass is 9.86. The lowest BCUT2D eigenvalue weighted by Crippen LogP contribution is -2.47. The van der Waals surface area contributed by atoms with E-state index in [1.165, 1.54) is 16.2 Å². The molecule has 1 fully saturated rings. The van der Waals surface area contributed by atoms with Crippen LogP contribution in [0.15, 0.2) is 12.1 Å². The maximum absolute atomic E-state index is 13.0. The number of halogens is 3. The van der Waals surface area contributed by atoms with Crippen molar-refractivity contribution in [3.05, 3.63) is 21.9 Å². The largest absolute Gasteiger partial charge is 0.481 e. The highest BCUT2D eigenvalue weighted by Crippen LogP contribution is 2.46. The molecule has 1 aromatic heterocycles. The fourth-order valence-corrected chi connectivity index (χ4v) is 3.14. The summed E-state index contributed by atoms with van der Waals surface area (Å²) in [6.07, 6.45) is -5.21. The minimum Gasteiger partial charge on any atom is -0.481 e. The van der Waals surface area contributed by atoms with Gasteiger partial charge in [-0.25, -0.2) is 0 Å². The molecule has 0 aliphatic carbocycles. The summed E-state index contributed by atoms with van der Waals surface area (Å²) in [6.45, 7) is -0.241. The number of carboxylic acids is 1. The first-order valence-corrected chi connectivity index (χ1v) is 6.61. The Labute approximate surface area is 117 Å². The monoisotopic (exact) mass is 304 g/mol. The van der Waals surface area contributed by atoms with E-state index in [1.54, 1.807) is 12.1 Å². The van der Waals surface area contributed by atoms with Crippen LogP contribution in [-0.2, 0) is 11.3 Å². The number of carbonyl (C=O) groups is 1. The number of nitrogens with zero attached hydrogens (tertiary/aromatic N) is 2. The highest BCUT2D eigenvalue weighted by Gasteiger charge is 2.63. The number of thiophene rings is 1. The topological polar surface area (TPSA) is 64.3 Å². The van der Waals surface area contributed by atoms with Gasteiger partial charge >= 0.3 is 12.1 Å². The predicted molar refractivity (Wildman–Crippen MR) is 65.1 cm³/mol. The smallest absolute Gasteiger partial charge is 0.406 e. The molecule has 108 valence electrons. The van der Waals surface area contributed by atoms with E-state index >= 15 is 0 Å². The van der Waals surface area contributed by atoms with Crippen molar-refractivity contribution >= 4 is 17.3 Å². The van der Waals surface area contributed by atoms with E-state index in [2.05, 4.69) is 0 Å². The minimum absolute atomic E-state index is 0.0750. The average Bonchev–Trinajstić information content (AvgIpc) is 2.95. The van der Waals surface area contributed by atoms with Gasteiger partial charge < -0.3 is 5.11 Å². The molecule has 1 unspecified atom stereocenters. The van der Waals surface area contributed by atoms with E-state index in [4.69, 9.17) is 10.4 Å². The zero-order valence-corrected chi connectivity index (χ0v) is 11.1. The summed E-state index contributed by atoms with van der Waals surface area (Å²) in [6, 6.07) is 5.24. The van der Waals surface area contributed by atoms with Crippen molar-refractivity contribution in [1.29, 1.82) is 5.26 Å². The number of alkyl halides is 3. The Bertz CT molecular complexity index is 564. The molecule has 1 aliphatic heterocycles. The second kappa shape index (κ2) is 5.07. The van der Waals surface area contributed by atoms with Crippen LogP contribution < -0.4 is 0 Å². The molecule has 1 aliphatic rings.